The molecule has 0 N–H and O–H groups in total. The lowest BCUT2D eigenvalue weighted by molar-refractivity contribution is -0.158. The van der Waals surface area contributed by atoms with E-state index in [1.165, 1.54) is 6.92 Å². The highest BCUT2D eigenvalue weighted by Gasteiger charge is 2.36. The van der Waals surface area contributed by atoms with E-state index in [4.69, 9.17) is 9.57 Å². The summed E-state index contributed by atoms with van der Waals surface area (Å²) < 4.78 is 6.24. The summed E-state index contributed by atoms with van der Waals surface area (Å²) in [6.45, 7) is 12.5. The third-order valence-electron chi connectivity index (χ3n) is 7.74. The first-order valence-corrected chi connectivity index (χ1v) is 15.6. The Morgan fingerprint density at radius 2 is 1.57 bits per heavy atom. The summed E-state index contributed by atoms with van der Waals surface area (Å²) >= 11 is 0. The number of unbranched alkanes of at least 4 members (excludes halogenated alkanes) is 3. The van der Waals surface area contributed by atoms with Gasteiger partial charge in [0.05, 0.1) is 6.42 Å². The predicted octanol–water partition coefficient (Wildman–Crippen LogP) is 8.30. The highest BCUT2D eigenvalue weighted by Crippen LogP contribution is 2.32. The molecule has 42 heavy (non-hydrogen) atoms. The lowest BCUT2D eigenvalue weighted by Crippen LogP contribution is -2.51. The van der Waals surface area contributed by atoms with E-state index in [0.29, 0.717) is 24.3 Å². The lowest BCUT2D eigenvalue weighted by Gasteiger charge is -2.43. The summed E-state index contributed by atoms with van der Waals surface area (Å²) in [7, 11) is 0. The zero-order valence-electron chi connectivity index (χ0n) is 26.5. The topological polar surface area (TPSA) is 85.3 Å². The van der Waals surface area contributed by atoms with E-state index in [1.807, 2.05) is 56.3 Å². The van der Waals surface area contributed by atoms with Gasteiger partial charge in [-0.2, -0.15) is 0 Å². The summed E-state index contributed by atoms with van der Waals surface area (Å²) in [5.74, 6) is -0.670. The van der Waals surface area contributed by atoms with Gasteiger partial charge >= 0.3 is 11.9 Å². The number of hydrogen-bond donors (Lipinski definition) is 0. The van der Waals surface area contributed by atoms with Crippen LogP contribution in [0.3, 0.4) is 0 Å². The molecule has 2 unspecified atom stereocenters. The highest BCUT2D eigenvalue weighted by molar-refractivity contribution is 6.45. The van der Waals surface area contributed by atoms with Gasteiger partial charge in [0.1, 0.15) is 5.71 Å². The molecule has 0 aliphatic carbocycles. The average Bonchev–Trinajstić information content (AvgIpc) is 2.99. The molecule has 0 aliphatic rings. The first-order chi connectivity index (χ1) is 20.2. The monoisotopic (exact) mass is 578 g/mol. The van der Waals surface area contributed by atoms with E-state index in [1.54, 1.807) is 12.1 Å². The molecular formula is C35H50N2O5. The molecule has 0 bridgehead atoms. The van der Waals surface area contributed by atoms with Crippen LogP contribution in [0.1, 0.15) is 115 Å². The molecule has 2 rings (SSSR count). The molecule has 0 radical (unpaired) electrons. The fourth-order valence-corrected chi connectivity index (χ4v) is 4.93. The van der Waals surface area contributed by atoms with E-state index in [2.05, 4.69) is 30.8 Å². The number of Topliss-reactive ketones (excluding diaryl/α,β-unsaturated/α-hetero) is 1. The number of carbonyl (C=O) groups excluding carboxylic acids is 3. The summed E-state index contributed by atoms with van der Waals surface area (Å²) in [5, 5.41) is 3.88. The molecule has 0 aliphatic heterocycles. The number of benzene rings is 2. The molecule has 0 spiro atoms. The second-order valence-electron chi connectivity index (χ2n) is 11.1. The molecule has 0 amide bonds. The largest absolute Gasteiger partial charge is 0.439 e. The van der Waals surface area contributed by atoms with Gasteiger partial charge in [0.25, 0.3) is 0 Å². The zero-order chi connectivity index (χ0) is 31.0. The van der Waals surface area contributed by atoms with Crippen molar-refractivity contribution >= 4 is 29.1 Å². The molecule has 7 heteroatoms. The maximum atomic E-state index is 13.3. The second kappa shape index (κ2) is 18.1. The molecule has 0 heterocycles. The van der Waals surface area contributed by atoms with Crippen molar-refractivity contribution in [3.05, 3.63) is 65.7 Å². The Kier molecular flexibility index (Phi) is 15.0. The van der Waals surface area contributed by atoms with Crippen molar-refractivity contribution in [1.29, 1.82) is 0 Å². The third-order valence-corrected chi connectivity index (χ3v) is 7.74. The molecule has 2 aromatic rings. The van der Waals surface area contributed by atoms with Crippen molar-refractivity contribution in [2.75, 3.05) is 11.4 Å². The number of nitrogens with zero attached hydrogens (tertiary/aromatic N) is 2. The lowest BCUT2D eigenvalue weighted by atomic mass is 9.96. The van der Waals surface area contributed by atoms with Gasteiger partial charge < -0.3 is 14.5 Å². The van der Waals surface area contributed by atoms with Crippen LogP contribution in [0.15, 0.2) is 59.8 Å². The number of ether oxygens (including phenoxy) is 1. The molecule has 230 valence electrons. The van der Waals surface area contributed by atoms with Crippen LogP contribution in [-0.2, 0) is 25.6 Å². The number of esters is 1. The zero-order valence-corrected chi connectivity index (χ0v) is 26.5. The van der Waals surface area contributed by atoms with E-state index < -0.39 is 11.7 Å². The Morgan fingerprint density at radius 3 is 2.14 bits per heavy atom. The third kappa shape index (κ3) is 11.1. The van der Waals surface area contributed by atoms with Gasteiger partial charge in [-0.3, -0.25) is 9.59 Å². The first-order valence-electron chi connectivity index (χ1n) is 15.6. The van der Waals surface area contributed by atoms with Crippen molar-refractivity contribution in [1.82, 2.24) is 0 Å². The van der Waals surface area contributed by atoms with Gasteiger partial charge in [-0.15, -0.1) is 0 Å². The minimum atomic E-state index is -0.876. The maximum absolute atomic E-state index is 13.3. The average molecular weight is 579 g/mol. The van der Waals surface area contributed by atoms with Crippen molar-refractivity contribution in [2.45, 2.75) is 111 Å². The van der Waals surface area contributed by atoms with E-state index in [9.17, 15) is 14.4 Å². The fourth-order valence-electron chi connectivity index (χ4n) is 4.93. The van der Waals surface area contributed by atoms with Gasteiger partial charge in [-0.25, -0.2) is 4.79 Å². The van der Waals surface area contributed by atoms with Crippen LogP contribution in [-0.4, -0.2) is 35.7 Å². The summed E-state index contributed by atoms with van der Waals surface area (Å²) in [4.78, 5) is 44.9. The van der Waals surface area contributed by atoms with Crippen LogP contribution < -0.4 is 4.90 Å². The second-order valence-corrected chi connectivity index (χ2v) is 11.1. The van der Waals surface area contributed by atoms with Crippen molar-refractivity contribution in [3.8, 4) is 0 Å². The molecule has 2 aromatic carbocycles. The minimum absolute atomic E-state index is 0.202. The molecule has 0 saturated heterocycles. The fraction of sp³-hybridized carbons (Fsp3) is 0.543. The Bertz CT molecular complexity index is 1150. The smallest absolute Gasteiger partial charge is 0.331 e. The predicted molar refractivity (Wildman–Crippen MR) is 170 cm³/mol. The Labute approximate surface area is 252 Å². The molecule has 0 fully saturated rings. The standard InChI is InChI=1S/C35H50N2O5/c1-7-11-14-20-32(36-42-27(5)38)34(40)30-21-23-31(24-22-30)37(26-28(9-3)17-12-8-2)35(6,10-4)41-33(39)25-29-18-15-13-16-19-29/h13,15-16,18-19,21-24,28H,7-12,14,17,20,25-26H2,1-6H3/b36-32+. The van der Waals surface area contributed by atoms with Crippen molar-refractivity contribution in [3.63, 3.8) is 0 Å². The molecule has 7 nitrogen and oxygen atoms in total. The van der Waals surface area contributed by atoms with Crippen LogP contribution in [0.5, 0.6) is 0 Å². The minimum Gasteiger partial charge on any atom is -0.439 e. The Balaban J connectivity index is 2.38. The maximum Gasteiger partial charge on any atom is 0.331 e. The molecular weight excluding hydrogens is 528 g/mol. The van der Waals surface area contributed by atoms with Gasteiger partial charge in [0.2, 0.25) is 5.78 Å². The number of ketones is 1. The Hall–Kier alpha value is -3.48. The van der Waals surface area contributed by atoms with Gasteiger partial charge in [0.15, 0.2) is 5.72 Å². The summed E-state index contributed by atoms with van der Waals surface area (Å²) in [5.41, 5.74) is 1.62. The number of carbonyl (C=O) groups is 3. The SMILES string of the molecule is CCCCC/C(=N\OC(C)=O)C(=O)c1ccc(N(CC(CC)CCCC)C(C)(CC)OC(=O)Cc2ccccc2)cc1. The van der Waals surface area contributed by atoms with E-state index in [-0.39, 0.29) is 23.9 Å². The van der Waals surface area contributed by atoms with Gasteiger partial charge in [-0.05, 0) is 61.9 Å². The van der Waals surface area contributed by atoms with Crippen molar-refractivity contribution in [2.24, 2.45) is 11.1 Å². The summed E-state index contributed by atoms with van der Waals surface area (Å²) in [6.07, 6.45) is 8.34. The number of oxime groups is 1. The number of anilines is 1. The normalized spacial score (nSPS) is 13.6. The van der Waals surface area contributed by atoms with Gasteiger partial charge in [-0.1, -0.05) is 95.3 Å². The number of hydrogen-bond acceptors (Lipinski definition) is 7. The summed E-state index contributed by atoms with van der Waals surface area (Å²) in [6, 6.07) is 17.0. The van der Waals surface area contributed by atoms with Crippen molar-refractivity contribution < 1.29 is 24.0 Å². The van der Waals surface area contributed by atoms with Gasteiger partial charge in [0, 0.05) is 31.1 Å². The molecule has 0 aromatic heterocycles. The highest BCUT2D eigenvalue weighted by atomic mass is 16.7. The quantitative estimate of drug-likeness (QED) is 0.0317. The number of rotatable bonds is 19. The van der Waals surface area contributed by atoms with Crippen LogP contribution in [0.2, 0.25) is 0 Å². The van der Waals surface area contributed by atoms with Crippen LogP contribution in [0.4, 0.5) is 5.69 Å². The van der Waals surface area contributed by atoms with Crippen LogP contribution in [0, 0.1) is 5.92 Å². The molecule has 2 atom stereocenters. The van der Waals surface area contributed by atoms with E-state index in [0.717, 1.165) is 62.7 Å². The van der Waals surface area contributed by atoms with Crippen LogP contribution in [0.25, 0.3) is 0 Å². The molecule has 0 saturated carbocycles. The van der Waals surface area contributed by atoms with E-state index >= 15 is 0 Å². The van der Waals surface area contributed by atoms with Crippen LogP contribution >= 0.6 is 0 Å². The first kappa shape index (κ1) is 34.7. The Morgan fingerprint density at radius 1 is 0.905 bits per heavy atom.